The summed E-state index contributed by atoms with van der Waals surface area (Å²) < 4.78 is 0. The highest BCUT2D eigenvalue weighted by atomic mass is 15.2. The van der Waals surface area contributed by atoms with E-state index in [1.807, 2.05) is 12.1 Å². The molecular weight excluding hydrogens is 198 g/mol. The fourth-order valence-electron chi connectivity index (χ4n) is 2.23. The second-order valence-corrected chi connectivity index (χ2v) is 4.33. The molecule has 1 aromatic heterocycles. The zero-order chi connectivity index (χ0) is 11.4. The van der Waals surface area contributed by atoms with E-state index in [2.05, 4.69) is 22.9 Å². The zero-order valence-corrected chi connectivity index (χ0v) is 9.69. The van der Waals surface area contributed by atoms with E-state index in [0.29, 0.717) is 5.69 Å². The Labute approximate surface area is 96.7 Å². The Morgan fingerprint density at radius 3 is 2.81 bits per heavy atom. The molecule has 0 bridgehead atoms. The molecule has 1 saturated heterocycles. The molecule has 2 heterocycles. The molecule has 0 saturated carbocycles. The monoisotopic (exact) mass is 215 g/mol. The van der Waals surface area contributed by atoms with Gasteiger partial charge in [-0.05, 0) is 30.9 Å². The van der Waals surface area contributed by atoms with E-state index in [1.165, 1.54) is 19.3 Å². The molecule has 0 unspecified atom stereocenters. The standard InChI is InChI=1S/C13H17N3/c1-2-11-6-8-16(9-7-11)13-5-3-4-12(10-14)15-13/h3-5,11H,2,6-9H2,1H3. The van der Waals surface area contributed by atoms with Crippen LogP contribution in [0.25, 0.3) is 0 Å². The summed E-state index contributed by atoms with van der Waals surface area (Å²) in [6.45, 7) is 4.40. The van der Waals surface area contributed by atoms with Crippen molar-refractivity contribution in [3.63, 3.8) is 0 Å². The van der Waals surface area contributed by atoms with Crippen molar-refractivity contribution >= 4 is 5.82 Å². The summed E-state index contributed by atoms with van der Waals surface area (Å²) in [5.41, 5.74) is 0.509. The number of nitriles is 1. The Bertz CT molecular complexity index is 386. The van der Waals surface area contributed by atoms with E-state index in [0.717, 1.165) is 24.8 Å². The largest absolute Gasteiger partial charge is 0.357 e. The van der Waals surface area contributed by atoms with Crippen LogP contribution >= 0.6 is 0 Å². The van der Waals surface area contributed by atoms with E-state index in [1.54, 1.807) is 6.07 Å². The fourth-order valence-corrected chi connectivity index (χ4v) is 2.23. The smallest absolute Gasteiger partial charge is 0.142 e. The van der Waals surface area contributed by atoms with Crippen LogP contribution in [0.1, 0.15) is 31.9 Å². The van der Waals surface area contributed by atoms with Gasteiger partial charge >= 0.3 is 0 Å². The molecule has 0 aliphatic carbocycles. The second-order valence-electron chi connectivity index (χ2n) is 4.33. The molecule has 0 atom stereocenters. The van der Waals surface area contributed by atoms with Gasteiger partial charge in [0.1, 0.15) is 17.6 Å². The molecule has 0 amide bonds. The molecule has 1 aliphatic rings. The van der Waals surface area contributed by atoms with Crippen LogP contribution in [0.2, 0.25) is 0 Å². The van der Waals surface area contributed by atoms with Gasteiger partial charge in [0.05, 0.1) is 0 Å². The number of piperidine rings is 1. The molecule has 3 heteroatoms. The van der Waals surface area contributed by atoms with Crippen LogP contribution in [0.3, 0.4) is 0 Å². The first-order chi connectivity index (χ1) is 7.83. The lowest BCUT2D eigenvalue weighted by atomic mass is 9.94. The molecule has 1 aromatic rings. The summed E-state index contributed by atoms with van der Waals surface area (Å²) in [5, 5.41) is 8.81. The minimum Gasteiger partial charge on any atom is -0.357 e. The van der Waals surface area contributed by atoms with Crippen LogP contribution in [0, 0.1) is 17.2 Å². The molecule has 84 valence electrons. The maximum atomic E-state index is 8.81. The summed E-state index contributed by atoms with van der Waals surface area (Å²) >= 11 is 0. The lowest BCUT2D eigenvalue weighted by Gasteiger charge is -2.32. The van der Waals surface area contributed by atoms with Crippen LogP contribution in [-0.2, 0) is 0 Å². The molecule has 0 radical (unpaired) electrons. The van der Waals surface area contributed by atoms with Crippen LogP contribution in [-0.4, -0.2) is 18.1 Å². The third-order valence-electron chi connectivity index (χ3n) is 3.36. The highest BCUT2D eigenvalue weighted by molar-refractivity contribution is 5.41. The SMILES string of the molecule is CCC1CCN(c2cccc(C#N)n2)CC1. The van der Waals surface area contributed by atoms with Gasteiger partial charge in [0.2, 0.25) is 0 Å². The highest BCUT2D eigenvalue weighted by Gasteiger charge is 2.18. The summed E-state index contributed by atoms with van der Waals surface area (Å²) in [5.74, 6) is 1.82. The van der Waals surface area contributed by atoms with Crippen LogP contribution in [0.4, 0.5) is 5.82 Å². The predicted molar refractivity (Wildman–Crippen MR) is 64.2 cm³/mol. The Morgan fingerprint density at radius 2 is 2.19 bits per heavy atom. The van der Waals surface area contributed by atoms with Gasteiger partial charge in [0.25, 0.3) is 0 Å². The van der Waals surface area contributed by atoms with E-state index < -0.39 is 0 Å². The van der Waals surface area contributed by atoms with Crippen LogP contribution in [0.15, 0.2) is 18.2 Å². The number of anilines is 1. The van der Waals surface area contributed by atoms with Crippen molar-refractivity contribution in [2.45, 2.75) is 26.2 Å². The maximum Gasteiger partial charge on any atom is 0.142 e. The summed E-state index contributed by atoms with van der Waals surface area (Å²) in [7, 11) is 0. The first kappa shape index (κ1) is 10.9. The molecule has 1 fully saturated rings. The van der Waals surface area contributed by atoms with Gasteiger partial charge in [-0.25, -0.2) is 4.98 Å². The van der Waals surface area contributed by atoms with Crippen molar-refractivity contribution in [3.05, 3.63) is 23.9 Å². The minimum atomic E-state index is 0.509. The molecule has 0 N–H and O–H groups in total. The minimum absolute atomic E-state index is 0.509. The van der Waals surface area contributed by atoms with Gasteiger partial charge < -0.3 is 4.90 Å². The molecule has 16 heavy (non-hydrogen) atoms. The van der Waals surface area contributed by atoms with Crippen LogP contribution < -0.4 is 4.90 Å². The normalized spacial score (nSPS) is 17.1. The number of aromatic nitrogens is 1. The molecule has 0 aromatic carbocycles. The van der Waals surface area contributed by atoms with E-state index in [9.17, 15) is 0 Å². The average molecular weight is 215 g/mol. The Hall–Kier alpha value is -1.56. The maximum absolute atomic E-state index is 8.81. The average Bonchev–Trinajstić information content (AvgIpc) is 2.39. The quantitative estimate of drug-likeness (QED) is 0.761. The Balaban J connectivity index is 2.05. The zero-order valence-electron chi connectivity index (χ0n) is 9.69. The molecule has 0 spiro atoms. The van der Waals surface area contributed by atoms with Crippen molar-refractivity contribution in [3.8, 4) is 6.07 Å². The lowest BCUT2D eigenvalue weighted by molar-refractivity contribution is 0.394. The topological polar surface area (TPSA) is 39.9 Å². The first-order valence-corrected chi connectivity index (χ1v) is 5.95. The lowest BCUT2D eigenvalue weighted by Crippen LogP contribution is -2.34. The van der Waals surface area contributed by atoms with Gasteiger partial charge in [0, 0.05) is 13.1 Å². The van der Waals surface area contributed by atoms with Crippen molar-refractivity contribution in [1.29, 1.82) is 5.26 Å². The number of pyridine rings is 1. The number of nitrogens with zero attached hydrogens (tertiary/aromatic N) is 3. The van der Waals surface area contributed by atoms with Crippen LogP contribution in [0.5, 0.6) is 0 Å². The predicted octanol–water partition coefficient (Wildman–Crippen LogP) is 2.58. The molecular formula is C13H17N3. The summed E-state index contributed by atoms with van der Waals surface area (Å²) in [6, 6.07) is 7.74. The van der Waals surface area contributed by atoms with Crippen molar-refractivity contribution < 1.29 is 0 Å². The van der Waals surface area contributed by atoms with Gasteiger partial charge in [-0.15, -0.1) is 0 Å². The fraction of sp³-hybridized carbons (Fsp3) is 0.538. The van der Waals surface area contributed by atoms with E-state index in [4.69, 9.17) is 5.26 Å². The Morgan fingerprint density at radius 1 is 1.44 bits per heavy atom. The van der Waals surface area contributed by atoms with Gasteiger partial charge in [-0.1, -0.05) is 19.4 Å². The van der Waals surface area contributed by atoms with Crippen molar-refractivity contribution in [1.82, 2.24) is 4.98 Å². The molecule has 2 rings (SSSR count). The van der Waals surface area contributed by atoms with Crippen molar-refractivity contribution in [2.75, 3.05) is 18.0 Å². The molecule has 3 nitrogen and oxygen atoms in total. The van der Waals surface area contributed by atoms with E-state index in [-0.39, 0.29) is 0 Å². The van der Waals surface area contributed by atoms with Gasteiger partial charge in [-0.2, -0.15) is 5.26 Å². The van der Waals surface area contributed by atoms with E-state index >= 15 is 0 Å². The Kier molecular flexibility index (Phi) is 3.40. The summed E-state index contributed by atoms with van der Waals surface area (Å²) in [4.78, 5) is 6.62. The first-order valence-electron chi connectivity index (χ1n) is 5.95. The highest BCUT2D eigenvalue weighted by Crippen LogP contribution is 2.23. The van der Waals surface area contributed by atoms with Crippen molar-refractivity contribution in [2.24, 2.45) is 5.92 Å². The summed E-state index contributed by atoms with van der Waals surface area (Å²) in [6.07, 6.45) is 3.77. The number of rotatable bonds is 2. The second kappa shape index (κ2) is 4.98. The number of hydrogen-bond acceptors (Lipinski definition) is 3. The number of hydrogen-bond donors (Lipinski definition) is 0. The van der Waals surface area contributed by atoms with Gasteiger partial charge in [-0.3, -0.25) is 0 Å². The molecule has 1 aliphatic heterocycles. The van der Waals surface area contributed by atoms with Gasteiger partial charge in [0.15, 0.2) is 0 Å². The third kappa shape index (κ3) is 2.33. The third-order valence-corrected chi connectivity index (χ3v) is 3.36.